The molecule has 0 aliphatic carbocycles. The maximum atomic E-state index is 12.0. The Morgan fingerprint density at radius 3 is 2.88 bits per heavy atom. The molecule has 0 saturated carbocycles. The highest BCUT2D eigenvalue weighted by Crippen LogP contribution is 2.06. The molecule has 0 saturated heterocycles. The van der Waals surface area contributed by atoms with Crippen LogP contribution in [0, 0.1) is 0 Å². The minimum Gasteiger partial charge on any atom is -0.373 e. The average Bonchev–Trinajstić information content (AvgIpc) is 2.76. The van der Waals surface area contributed by atoms with Gasteiger partial charge in [0.2, 0.25) is 0 Å². The second kappa shape index (κ2) is 4.17. The summed E-state index contributed by atoms with van der Waals surface area (Å²) in [4.78, 5) is 30.5. The summed E-state index contributed by atoms with van der Waals surface area (Å²) in [7, 11) is 1.51. The van der Waals surface area contributed by atoms with Crippen LogP contribution in [0.5, 0.6) is 0 Å². The Kier molecular flexibility index (Phi) is 2.84. The van der Waals surface area contributed by atoms with Crippen LogP contribution in [0.15, 0.2) is 15.9 Å². The monoisotopic (exact) mass is 238 g/mol. The van der Waals surface area contributed by atoms with Crippen molar-refractivity contribution < 1.29 is 5.11 Å². The maximum Gasteiger partial charge on any atom is 0.334 e. The van der Waals surface area contributed by atoms with Crippen molar-refractivity contribution in [3.63, 3.8) is 0 Å². The van der Waals surface area contributed by atoms with Crippen LogP contribution in [-0.4, -0.2) is 24.2 Å². The lowest BCUT2D eigenvalue weighted by atomic mass is 10.3. The van der Waals surface area contributed by atoms with Crippen LogP contribution >= 0.6 is 0 Å². The predicted molar refractivity (Wildman–Crippen MR) is 61.8 cm³/mol. The highest BCUT2D eigenvalue weighted by Gasteiger charge is 2.17. The molecule has 1 atom stereocenters. The van der Waals surface area contributed by atoms with Gasteiger partial charge in [-0.25, -0.2) is 14.3 Å². The lowest BCUT2D eigenvalue weighted by Crippen LogP contribution is -2.41. The molecule has 2 aromatic rings. The van der Waals surface area contributed by atoms with Gasteiger partial charge in [-0.3, -0.25) is 9.36 Å². The second-order valence-electron chi connectivity index (χ2n) is 3.89. The second-order valence-corrected chi connectivity index (χ2v) is 3.89. The van der Waals surface area contributed by atoms with Crippen molar-refractivity contribution in [3.8, 4) is 0 Å². The van der Waals surface area contributed by atoms with E-state index in [2.05, 4.69) is 9.97 Å². The third kappa shape index (κ3) is 1.68. The number of aliphatic hydroxyl groups excluding tert-OH is 1. The fraction of sp³-hybridized carbons (Fsp3) is 0.500. The number of aliphatic hydroxyl groups is 1. The summed E-state index contributed by atoms with van der Waals surface area (Å²) < 4.78 is 2.09. The third-order valence-electron chi connectivity index (χ3n) is 2.71. The highest BCUT2D eigenvalue weighted by molar-refractivity contribution is 5.68. The number of hydrogen-bond acceptors (Lipinski definition) is 4. The first-order valence-corrected chi connectivity index (χ1v) is 5.40. The first-order chi connectivity index (χ1) is 8.07. The van der Waals surface area contributed by atoms with Crippen LogP contribution in [0.2, 0.25) is 0 Å². The van der Waals surface area contributed by atoms with Gasteiger partial charge in [-0.15, -0.1) is 0 Å². The molecule has 7 nitrogen and oxygen atoms in total. The Bertz CT molecular complexity index is 652. The van der Waals surface area contributed by atoms with Gasteiger partial charge in [0.05, 0.1) is 6.33 Å². The van der Waals surface area contributed by atoms with Gasteiger partial charge in [-0.2, -0.15) is 0 Å². The number of aromatic nitrogens is 4. The zero-order valence-electron chi connectivity index (χ0n) is 9.67. The van der Waals surface area contributed by atoms with E-state index in [1.54, 1.807) is 0 Å². The zero-order valence-corrected chi connectivity index (χ0v) is 9.67. The molecule has 0 spiro atoms. The minimum absolute atomic E-state index is 0.224. The van der Waals surface area contributed by atoms with Crippen molar-refractivity contribution in [2.45, 2.75) is 26.0 Å². The number of nitrogens with one attached hydrogen (secondary N) is 1. The topological polar surface area (TPSA) is 92.9 Å². The molecule has 7 heteroatoms. The Balaban J connectivity index is 2.79. The van der Waals surface area contributed by atoms with Gasteiger partial charge in [0.25, 0.3) is 5.56 Å². The minimum atomic E-state index is -1.10. The van der Waals surface area contributed by atoms with E-state index >= 15 is 0 Å². The molecule has 0 radical (unpaired) electrons. The molecule has 0 aliphatic rings. The number of H-pyrrole nitrogens is 1. The molecule has 0 amide bonds. The summed E-state index contributed by atoms with van der Waals surface area (Å²) in [5, 5.41) is 9.82. The Morgan fingerprint density at radius 2 is 2.24 bits per heavy atom. The molecule has 0 aromatic carbocycles. The number of aromatic amines is 1. The molecule has 0 fully saturated rings. The van der Waals surface area contributed by atoms with Crippen molar-refractivity contribution >= 4 is 11.2 Å². The summed E-state index contributed by atoms with van der Waals surface area (Å²) in [5.74, 6) is 0. The van der Waals surface area contributed by atoms with Crippen molar-refractivity contribution in [3.05, 3.63) is 27.2 Å². The van der Waals surface area contributed by atoms with Crippen molar-refractivity contribution in [2.75, 3.05) is 0 Å². The highest BCUT2D eigenvalue weighted by atomic mass is 16.3. The fourth-order valence-corrected chi connectivity index (χ4v) is 1.81. The van der Waals surface area contributed by atoms with E-state index in [-0.39, 0.29) is 5.52 Å². The average molecular weight is 238 g/mol. The lowest BCUT2D eigenvalue weighted by Gasteiger charge is -2.13. The van der Waals surface area contributed by atoms with Gasteiger partial charge >= 0.3 is 5.69 Å². The first kappa shape index (κ1) is 11.6. The van der Waals surface area contributed by atoms with Crippen molar-refractivity contribution in [1.29, 1.82) is 0 Å². The quantitative estimate of drug-likeness (QED) is 0.768. The van der Waals surface area contributed by atoms with Crippen LogP contribution in [-0.2, 0) is 7.05 Å². The summed E-state index contributed by atoms with van der Waals surface area (Å²) >= 11 is 0. The summed E-state index contributed by atoms with van der Waals surface area (Å²) in [5.41, 5.74) is -0.584. The maximum absolute atomic E-state index is 12.0. The fourth-order valence-electron chi connectivity index (χ4n) is 1.81. The number of hydrogen-bond donors (Lipinski definition) is 2. The molecule has 0 bridgehead atoms. The van der Waals surface area contributed by atoms with Gasteiger partial charge in [-0.05, 0) is 6.42 Å². The molecule has 2 aromatic heterocycles. The van der Waals surface area contributed by atoms with E-state index in [0.29, 0.717) is 18.5 Å². The van der Waals surface area contributed by atoms with Gasteiger partial charge in [-0.1, -0.05) is 13.3 Å². The molecule has 2 N–H and O–H groups in total. The summed E-state index contributed by atoms with van der Waals surface area (Å²) in [6.07, 6.45) is 1.29. The van der Waals surface area contributed by atoms with E-state index in [9.17, 15) is 14.7 Å². The number of nitrogens with zero attached hydrogens (tertiary/aromatic N) is 3. The molecule has 2 heterocycles. The first-order valence-electron chi connectivity index (χ1n) is 5.40. The normalized spacial score (nSPS) is 13.1. The van der Waals surface area contributed by atoms with Crippen LogP contribution in [0.3, 0.4) is 0 Å². The molecule has 17 heavy (non-hydrogen) atoms. The third-order valence-corrected chi connectivity index (χ3v) is 2.71. The van der Waals surface area contributed by atoms with E-state index in [1.807, 2.05) is 6.92 Å². The van der Waals surface area contributed by atoms with Gasteiger partial charge < -0.3 is 10.1 Å². The Hall–Kier alpha value is -1.89. The van der Waals surface area contributed by atoms with Crippen LogP contribution in [0.1, 0.15) is 26.0 Å². The number of rotatable bonds is 3. The van der Waals surface area contributed by atoms with E-state index in [1.165, 1.54) is 17.9 Å². The number of aryl methyl sites for hydroxylation is 1. The molecule has 0 aliphatic heterocycles. The van der Waals surface area contributed by atoms with Crippen molar-refractivity contribution in [2.24, 2.45) is 7.05 Å². The Labute approximate surface area is 96.3 Å². The molecular weight excluding hydrogens is 224 g/mol. The van der Waals surface area contributed by atoms with Gasteiger partial charge in [0, 0.05) is 7.05 Å². The zero-order chi connectivity index (χ0) is 12.6. The molecular formula is C10H14N4O3. The standard InChI is InChI=1S/C10H14N4O3/c1-3-4-6(15)14-9(16)7-8(12-5-11-7)13(2)10(14)17/h5-6,15H,3-4H2,1-2H3,(H,11,12). The van der Waals surface area contributed by atoms with Crippen LogP contribution in [0.4, 0.5) is 0 Å². The van der Waals surface area contributed by atoms with Crippen LogP contribution < -0.4 is 11.2 Å². The number of imidazole rings is 1. The smallest absolute Gasteiger partial charge is 0.334 e. The van der Waals surface area contributed by atoms with Gasteiger partial charge in [0.1, 0.15) is 11.7 Å². The van der Waals surface area contributed by atoms with E-state index < -0.39 is 17.5 Å². The number of fused-ring (bicyclic) bond motifs is 1. The van der Waals surface area contributed by atoms with Crippen LogP contribution in [0.25, 0.3) is 11.2 Å². The van der Waals surface area contributed by atoms with Crippen molar-refractivity contribution in [1.82, 2.24) is 19.1 Å². The SMILES string of the molecule is CCCC(O)n1c(=O)c2[nH]cnc2n(C)c1=O. The summed E-state index contributed by atoms with van der Waals surface area (Å²) in [6, 6.07) is 0. The van der Waals surface area contributed by atoms with E-state index in [0.717, 1.165) is 4.57 Å². The van der Waals surface area contributed by atoms with Gasteiger partial charge in [0.15, 0.2) is 5.65 Å². The predicted octanol–water partition coefficient (Wildman–Crippen LogP) is -0.286. The lowest BCUT2D eigenvalue weighted by molar-refractivity contribution is 0.0846. The largest absolute Gasteiger partial charge is 0.373 e. The van der Waals surface area contributed by atoms with E-state index in [4.69, 9.17) is 0 Å². The Morgan fingerprint density at radius 1 is 1.53 bits per heavy atom. The molecule has 92 valence electrons. The summed E-state index contributed by atoms with van der Waals surface area (Å²) in [6.45, 7) is 1.87. The molecule has 1 unspecified atom stereocenters. The molecule has 2 rings (SSSR count).